The summed E-state index contributed by atoms with van der Waals surface area (Å²) >= 11 is 0. The fraction of sp³-hybridized carbons (Fsp3) is 0.625. The van der Waals surface area contributed by atoms with Crippen molar-refractivity contribution in [2.45, 2.75) is 45.8 Å². The van der Waals surface area contributed by atoms with E-state index in [2.05, 4.69) is 0 Å². The Kier molecular flexibility index (Phi) is 2.59. The molecule has 0 aromatic heterocycles. The molecule has 4 nitrogen and oxygen atoms in total. The van der Waals surface area contributed by atoms with E-state index in [1.54, 1.807) is 19.9 Å². The molecule has 0 bridgehead atoms. The Balaban J connectivity index is 2.23. The summed E-state index contributed by atoms with van der Waals surface area (Å²) in [6.45, 7) is 7.41. The topological polar surface area (TPSA) is 63.6 Å². The number of aliphatic hydroxyl groups excluding tert-OH is 1. The number of rotatable bonds is 0. The van der Waals surface area contributed by atoms with Gasteiger partial charge >= 0.3 is 5.97 Å². The van der Waals surface area contributed by atoms with Crippen LogP contribution in [0.4, 0.5) is 0 Å². The van der Waals surface area contributed by atoms with E-state index in [0.29, 0.717) is 12.0 Å². The molecule has 0 radical (unpaired) electrons. The summed E-state index contributed by atoms with van der Waals surface area (Å²) in [6, 6.07) is 0. The number of aliphatic hydroxyl groups is 1. The van der Waals surface area contributed by atoms with Crippen molar-refractivity contribution in [3.05, 3.63) is 23.3 Å². The second-order valence-electron chi connectivity index (χ2n) is 6.73. The third kappa shape index (κ3) is 1.46. The van der Waals surface area contributed by atoms with Gasteiger partial charge in [0.25, 0.3) is 0 Å². The van der Waals surface area contributed by atoms with Crippen LogP contribution in [0.15, 0.2) is 23.3 Å². The summed E-state index contributed by atoms with van der Waals surface area (Å²) in [5.41, 5.74) is 0.210. The Labute approximate surface area is 118 Å². The lowest BCUT2D eigenvalue weighted by Crippen LogP contribution is -2.54. The molecule has 108 valence electrons. The first-order chi connectivity index (χ1) is 9.20. The number of allylic oxidation sites excluding steroid dienone is 3. The molecule has 0 spiro atoms. The van der Waals surface area contributed by atoms with E-state index in [9.17, 15) is 14.7 Å². The highest BCUT2D eigenvalue weighted by Crippen LogP contribution is 2.58. The summed E-state index contributed by atoms with van der Waals surface area (Å²) in [7, 11) is 0. The molecule has 2 fully saturated rings. The minimum Gasteiger partial charge on any atom is -0.454 e. The van der Waals surface area contributed by atoms with E-state index in [0.717, 1.165) is 5.57 Å². The van der Waals surface area contributed by atoms with Crippen LogP contribution in [0.5, 0.6) is 0 Å². The lowest BCUT2D eigenvalue weighted by molar-refractivity contribution is -0.149. The van der Waals surface area contributed by atoms with E-state index in [4.69, 9.17) is 4.74 Å². The fourth-order valence-corrected chi connectivity index (χ4v) is 4.60. The van der Waals surface area contributed by atoms with Crippen molar-refractivity contribution in [2.24, 2.45) is 17.3 Å². The largest absolute Gasteiger partial charge is 0.454 e. The average molecular weight is 276 g/mol. The molecule has 0 amide bonds. The van der Waals surface area contributed by atoms with Crippen LogP contribution in [-0.4, -0.2) is 28.6 Å². The molecule has 0 aromatic carbocycles. The molecule has 5 unspecified atom stereocenters. The molecule has 0 aromatic rings. The third-order valence-electron chi connectivity index (χ3n) is 5.32. The molecule has 2 aliphatic carbocycles. The van der Waals surface area contributed by atoms with Crippen molar-refractivity contribution >= 4 is 11.8 Å². The van der Waals surface area contributed by atoms with Crippen molar-refractivity contribution in [1.82, 2.24) is 0 Å². The Morgan fingerprint density at radius 2 is 2.00 bits per heavy atom. The maximum Gasteiger partial charge on any atom is 0.310 e. The van der Waals surface area contributed by atoms with Gasteiger partial charge in [0.1, 0.15) is 5.60 Å². The van der Waals surface area contributed by atoms with E-state index in [1.165, 1.54) is 0 Å². The molecule has 1 aliphatic heterocycles. The van der Waals surface area contributed by atoms with Gasteiger partial charge in [0, 0.05) is 16.9 Å². The molecule has 1 saturated heterocycles. The van der Waals surface area contributed by atoms with Gasteiger partial charge in [0.2, 0.25) is 0 Å². The Morgan fingerprint density at radius 1 is 1.35 bits per heavy atom. The monoisotopic (exact) mass is 276 g/mol. The van der Waals surface area contributed by atoms with Crippen LogP contribution in [0.3, 0.4) is 0 Å². The van der Waals surface area contributed by atoms with Gasteiger partial charge in [0.05, 0.1) is 12.0 Å². The van der Waals surface area contributed by atoms with Crippen molar-refractivity contribution < 1.29 is 19.4 Å². The summed E-state index contributed by atoms with van der Waals surface area (Å²) in [6.07, 6.45) is 3.32. The van der Waals surface area contributed by atoms with E-state index >= 15 is 0 Å². The van der Waals surface area contributed by atoms with Gasteiger partial charge in [-0.3, -0.25) is 9.59 Å². The van der Waals surface area contributed by atoms with E-state index < -0.39 is 17.1 Å². The normalized spacial score (nSPS) is 47.1. The van der Waals surface area contributed by atoms with Gasteiger partial charge in [-0.2, -0.15) is 0 Å². The SMILES string of the molecule is CC1=C2C(C)(C=CC1=O)CC(O)C1C(C)C(=O)OC21C. The second kappa shape index (κ2) is 3.82. The zero-order chi connectivity index (χ0) is 14.9. The van der Waals surface area contributed by atoms with Crippen LogP contribution in [-0.2, 0) is 14.3 Å². The number of ether oxygens (including phenoxy) is 1. The van der Waals surface area contributed by atoms with Gasteiger partial charge < -0.3 is 9.84 Å². The van der Waals surface area contributed by atoms with Gasteiger partial charge in [-0.25, -0.2) is 0 Å². The fourth-order valence-electron chi connectivity index (χ4n) is 4.60. The van der Waals surface area contributed by atoms with Gasteiger partial charge in [-0.1, -0.05) is 19.9 Å². The highest BCUT2D eigenvalue weighted by atomic mass is 16.6. The summed E-state index contributed by atoms with van der Waals surface area (Å²) < 4.78 is 5.65. The Morgan fingerprint density at radius 3 is 2.65 bits per heavy atom. The third-order valence-corrected chi connectivity index (χ3v) is 5.32. The lowest BCUT2D eigenvalue weighted by Gasteiger charge is -2.50. The number of carbonyl (C=O) groups excluding carboxylic acids is 2. The zero-order valence-electron chi connectivity index (χ0n) is 12.3. The number of carbonyl (C=O) groups is 2. The summed E-state index contributed by atoms with van der Waals surface area (Å²) in [5.74, 6) is -0.958. The molecule has 3 rings (SSSR count). The smallest absolute Gasteiger partial charge is 0.310 e. The maximum absolute atomic E-state index is 12.0. The number of ketones is 1. The predicted octanol–water partition coefficient (Wildman–Crippen LogP) is 1.78. The molecular formula is C16H20O4. The van der Waals surface area contributed by atoms with Crippen LogP contribution in [0, 0.1) is 17.3 Å². The molecule has 5 atom stereocenters. The molecule has 3 aliphatic rings. The van der Waals surface area contributed by atoms with Crippen LogP contribution in [0.1, 0.15) is 34.1 Å². The zero-order valence-corrected chi connectivity index (χ0v) is 12.3. The molecule has 4 heteroatoms. The van der Waals surface area contributed by atoms with Crippen LogP contribution < -0.4 is 0 Å². The minimum atomic E-state index is -0.882. The number of fused-ring (bicyclic) bond motifs is 3. The summed E-state index contributed by atoms with van der Waals surface area (Å²) in [5, 5.41) is 10.5. The lowest BCUT2D eigenvalue weighted by atomic mass is 9.55. The predicted molar refractivity (Wildman–Crippen MR) is 72.7 cm³/mol. The van der Waals surface area contributed by atoms with Crippen LogP contribution in [0.2, 0.25) is 0 Å². The van der Waals surface area contributed by atoms with Crippen molar-refractivity contribution in [3.63, 3.8) is 0 Å². The summed E-state index contributed by atoms with van der Waals surface area (Å²) in [4.78, 5) is 24.0. The molecule has 20 heavy (non-hydrogen) atoms. The van der Waals surface area contributed by atoms with Crippen LogP contribution >= 0.6 is 0 Å². The van der Waals surface area contributed by atoms with Crippen molar-refractivity contribution in [2.75, 3.05) is 0 Å². The first-order valence-corrected chi connectivity index (χ1v) is 7.07. The number of esters is 1. The Bertz CT molecular complexity index is 573. The standard InChI is InChI=1S/C16H20O4/c1-8-10(17)5-6-15(3)7-11(18)12-9(2)14(19)20-16(12,4)13(8)15/h5-6,9,11-12,18H,7H2,1-4H3. The van der Waals surface area contributed by atoms with Gasteiger partial charge in [0.15, 0.2) is 5.78 Å². The maximum atomic E-state index is 12.0. The highest BCUT2D eigenvalue weighted by Gasteiger charge is 2.63. The highest BCUT2D eigenvalue weighted by molar-refractivity contribution is 6.06. The van der Waals surface area contributed by atoms with Gasteiger partial charge in [-0.05, 0) is 31.9 Å². The molecule has 1 N–H and O–H groups in total. The quantitative estimate of drug-likeness (QED) is 0.685. The van der Waals surface area contributed by atoms with Crippen molar-refractivity contribution in [3.8, 4) is 0 Å². The van der Waals surface area contributed by atoms with Gasteiger partial charge in [-0.15, -0.1) is 0 Å². The first-order valence-electron chi connectivity index (χ1n) is 7.07. The molecule has 1 saturated carbocycles. The first kappa shape index (κ1) is 13.6. The van der Waals surface area contributed by atoms with E-state index in [-0.39, 0.29) is 23.6 Å². The second-order valence-corrected chi connectivity index (χ2v) is 6.73. The van der Waals surface area contributed by atoms with Crippen molar-refractivity contribution in [1.29, 1.82) is 0 Å². The number of hydrogen-bond donors (Lipinski definition) is 1. The minimum absolute atomic E-state index is 0.0376. The Hall–Kier alpha value is -1.42. The number of hydrogen-bond acceptors (Lipinski definition) is 4. The van der Waals surface area contributed by atoms with Crippen LogP contribution in [0.25, 0.3) is 0 Å². The average Bonchev–Trinajstić information content (AvgIpc) is 2.55. The molecular weight excluding hydrogens is 256 g/mol. The molecule has 1 heterocycles. The van der Waals surface area contributed by atoms with E-state index in [1.807, 2.05) is 19.9 Å².